The van der Waals surface area contributed by atoms with Gasteiger partial charge in [0.2, 0.25) is 11.8 Å². The lowest BCUT2D eigenvalue weighted by Crippen LogP contribution is -2.41. The molecule has 3 aliphatic carbocycles. The molecule has 0 radical (unpaired) electrons. The van der Waals surface area contributed by atoms with Gasteiger partial charge in [0.05, 0.1) is 35.6 Å². The van der Waals surface area contributed by atoms with Crippen LogP contribution in [-0.4, -0.2) is 23.8 Å². The number of carbonyl (C=O) groups excluding carboxylic acids is 2. The predicted molar refractivity (Wildman–Crippen MR) is 116 cm³/mol. The predicted octanol–water partition coefficient (Wildman–Crippen LogP) is 4.00. The molecule has 4 aliphatic rings. The van der Waals surface area contributed by atoms with Gasteiger partial charge in [-0.15, -0.1) is 0 Å². The molecule has 3 aromatic rings. The molecular formula is C25H18N2O5. The summed E-state index contributed by atoms with van der Waals surface area (Å²) >= 11 is 0. The van der Waals surface area contributed by atoms with Crippen molar-refractivity contribution in [2.75, 3.05) is 12.0 Å². The van der Waals surface area contributed by atoms with Crippen LogP contribution in [0.4, 0.5) is 11.4 Å². The highest BCUT2D eigenvalue weighted by Gasteiger charge is 2.62. The van der Waals surface area contributed by atoms with Crippen LogP contribution in [0.25, 0.3) is 0 Å². The lowest BCUT2D eigenvalue weighted by Gasteiger charge is -2.45. The molecule has 1 saturated heterocycles. The topological polar surface area (TPSA) is 89.8 Å². The first-order valence-corrected chi connectivity index (χ1v) is 10.4. The van der Waals surface area contributed by atoms with Crippen molar-refractivity contribution in [2.24, 2.45) is 11.8 Å². The van der Waals surface area contributed by atoms with Crippen LogP contribution >= 0.6 is 0 Å². The molecule has 7 nitrogen and oxygen atoms in total. The van der Waals surface area contributed by atoms with Crippen molar-refractivity contribution < 1.29 is 19.2 Å². The van der Waals surface area contributed by atoms with E-state index in [9.17, 15) is 19.7 Å². The number of hydrogen-bond acceptors (Lipinski definition) is 5. The van der Waals surface area contributed by atoms with Crippen molar-refractivity contribution in [1.29, 1.82) is 0 Å². The largest absolute Gasteiger partial charge is 0.494 e. The molecule has 0 saturated carbocycles. The zero-order chi connectivity index (χ0) is 22.1. The lowest BCUT2D eigenvalue weighted by atomic mass is 9.55. The quantitative estimate of drug-likeness (QED) is 0.359. The van der Waals surface area contributed by atoms with Crippen molar-refractivity contribution >= 4 is 23.2 Å². The van der Waals surface area contributed by atoms with E-state index in [2.05, 4.69) is 0 Å². The number of nitrogens with zero attached hydrogens (tertiary/aromatic N) is 2. The van der Waals surface area contributed by atoms with E-state index in [-0.39, 0.29) is 40.8 Å². The SMILES string of the molecule is COc1cc([N+](=O)[O-])ccc1N1C(=O)[C@@H]2C3c4ccccc4C(c4ccccc43)[C@@H]2C1=O. The zero-order valence-electron chi connectivity index (χ0n) is 17.1. The highest BCUT2D eigenvalue weighted by Crippen LogP contribution is 2.61. The van der Waals surface area contributed by atoms with E-state index in [0.717, 1.165) is 22.3 Å². The fraction of sp³-hybridized carbons (Fsp3) is 0.200. The Morgan fingerprint density at radius 1 is 0.812 bits per heavy atom. The molecule has 7 heteroatoms. The van der Waals surface area contributed by atoms with E-state index < -0.39 is 16.8 Å². The fourth-order valence-electron chi connectivity index (χ4n) is 5.88. The van der Waals surface area contributed by atoms with Crippen LogP contribution < -0.4 is 9.64 Å². The summed E-state index contributed by atoms with van der Waals surface area (Å²) in [5, 5.41) is 11.2. The summed E-state index contributed by atoms with van der Waals surface area (Å²) in [6.45, 7) is 0. The number of hydrogen-bond donors (Lipinski definition) is 0. The van der Waals surface area contributed by atoms with E-state index >= 15 is 0 Å². The third-order valence-electron chi connectivity index (χ3n) is 7.06. The van der Waals surface area contributed by atoms with Crippen molar-refractivity contribution in [3.8, 4) is 5.75 Å². The van der Waals surface area contributed by atoms with Gasteiger partial charge in [-0.05, 0) is 28.3 Å². The molecule has 32 heavy (non-hydrogen) atoms. The first kappa shape index (κ1) is 18.7. The average Bonchev–Trinajstić information content (AvgIpc) is 3.09. The maximum atomic E-state index is 13.8. The number of ether oxygens (including phenoxy) is 1. The normalized spacial score (nSPS) is 24.7. The smallest absolute Gasteiger partial charge is 0.273 e. The van der Waals surface area contributed by atoms with E-state index in [1.165, 1.54) is 30.2 Å². The molecule has 0 aromatic heterocycles. The van der Waals surface area contributed by atoms with Gasteiger partial charge in [0, 0.05) is 17.9 Å². The Labute approximate surface area is 183 Å². The van der Waals surface area contributed by atoms with Crippen LogP contribution in [0.2, 0.25) is 0 Å². The van der Waals surface area contributed by atoms with Crippen molar-refractivity contribution in [3.63, 3.8) is 0 Å². The van der Waals surface area contributed by atoms with Gasteiger partial charge in [-0.2, -0.15) is 0 Å². The van der Waals surface area contributed by atoms with Crippen LogP contribution in [-0.2, 0) is 9.59 Å². The summed E-state index contributed by atoms with van der Waals surface area (Å²) in [7, 11) is 1.37. The molecule has 7 rings (SSSR count). The number of rotatable bonds is 3. The molecule has 2 amide bonds. The van der Waals surface area contributed by atoms with E-state index in [0.29, 0.717) is 0 Å². The Morgan fingerprint density at radius 2 is 1.28 bits per heavy atom. The standard InChI is InChI=1S/C25H18N2O5/c1-32-19-12-13(27(30)31)10-11-18(19)26-24(28)22-20-14-6-2-3-7-15(14)21(23(22)25(26)29)17-9-5-4-8-16(17)20/h2-12,20-23H,1H3/t20?,21?,22-,23+. The van der Waals surface area contributed by atoms with Gasteiger partial charge in [-0.25, -0.2) is 4.90 Å². The van der Waals surface area contributed by atoms with Crippen LogP contribution in [0, 0.1) is 22.0 Å². The second-order valence-electron chi connectivity index (χ2n) is 8.39. The highest BCUT2D eigenvalue weighted by atomic mass is 16.6. The molecular weight excluding hydrogens is 408 g/mol. The molecule has 1 heterocycles. The lowest BCUT2D eigenvalue weighted by molar-refractivity contribution is -0.384. The number of imide groups is 1. The highest BCUT2D eigenvalue weighted by molar-refractivity contribution is 6.24. The molecule has 2 atom stereocenters. The van der Waals surface area contributed by atoms with E-state index in [1.807, 2.05) is 48.5 Å². The van der Waals surface area contributed by atoms with Gasteiger partial charge in [0.1, 0.15) is 5.75 Å². The Hall–Kier alpha value is -4.00. The second-order valence-corrected chi connectivity index (χ2v) is 8.39. The number of methoxy groups -OCH3 is 1. The number of nitro benzene ring substituents is 1. The third-order valence-corrected chi connectivity index (χ3v) is 7.06. The summed E-state index contributed by atoms with van der Waals surface area (Å²) < 4.78 is 5.34. The number of benzene rings is 3. The van der Waals surface area contributed by atoms with Crippen LogP contribution in [0.15, 0.2) is 66.7 Å². The minimum absolute atomic E-state index is 0.127. The Morgan fingerprint density at radius 3 is 1.69 bits per heavy atom. The number of nitro groups is 1. The van der Waals surface area contributed by atoms with Crippen LogP contribution in [0.3, 0.4) is 0 Å². The number of non-ortho nitro benzene ring substituents is 1. The first-order valence-electron chi connectivity index (χ1n) is 10.4. The van der Waals surface area contributed by atoms with Gasteiger partial charge >= 0.3 is 0 Å². The maximum absolute atomic E-state index is 13.8. The van der Waals surface area contributed by atoms with Gasteiger partial charge < -0.3 is 4.74 Å². The zero-order valence-corrected chi connectivity index (χ0v) is 17.1. The monoisotopic (exact) mass is 426 g/mol. The molecule has 2 bridgehead atoms. The van der Waals surface area contributed by atoms with E-state index in [1.54, 1.807) is 0 Å². The number of amides is 2. The first-order chi connectivity index (χ1) is 15.5. The van der Waals surface area contributed by atoms with Crippen molar-refractivity contribution in [2.45, 2.75) is 11.8 Å². The maximum Gasteiger partial charge on any atom is 0.273 e. The number of anilines is 1. The molecule has 1 fully saturated rings. The molecule has 0 unspecified atom stereocenters. The average molecular weight is 426 g/mol. The summed E-state index contributed by atoms with van der Waals surface area (Å²) in [6, 6.07) is 20.0. The summed E-state index contributed by atoms with van der Waals surface area (Å²) in [4.78, 5) is 39.4. The van der Waals surface area contributed by atoms with E-state index in [4.69, 9.17) is 4.74 Å². The molecule has 0 spiro atoms. The van der Waals surface area contributed by atoms with Crippen LogP contribution in [0.5, 0.6) is 5.75 Å². The minimum atomic E-state index is -0.535. The van der Waals surface area contributed by atoms with Gasteiger partial charge in [-0.1, -0.05) is 48.5 Å². The molecule has 158 valence electrons. The van der Waals surface area contributed by atoms with Gasteiger partial charge in [0.25, 0.3) is 5.69 Å². The van der Waals surface area contributed by atoms with Gasteiger partial charge in [-0.3, -0.25) is 19.7 Å². The third kappa shape index (κ3) is 2.25. The van der Waals surface area contributed by atoms with Crippen molar-refractivity contribution in [3.05, 3.63) is 99.1 Å². The Bertz CT molecular complexity index is 1220. The Kier molecular flexibility index (Phi) is 3.81. The van der Waals surface area contributed by atoms with Crippen LogP contribution in [0.1, 0.15) is 34.1 Å². The van der Waals surface area contributed by atoms with Crippen molar-refractivity contribution in [1.82, 2.24) is 0 Å². The summed E-state index contributed by atoms with van der Waals surface area (Å²) in [5.41, 5.74) is 4.46. The minimum Gasteiger partial charge on any atom is -0.494 e. The van der Waals surface area contributed by atoms with Gasteiger partial charge in [0.15, 0.2) is 0 Å². The summed E-state index contributed by atoms with van der Waals surface area (Å²) in [5.74, 6) is -1.89. The fourth-order valence-corrected chi connectivity index (χ4v) is 5.88. The Balaban J connectivity index is 1.53. The molecule has 0 N–H and O–H groups in total. The second kappa shape index (κ2) is 6.50. The molecule has 3 aromatic carbocycles. The number of carbonyl (C=O) groups is 2. The molecule has 1 aliphatic heterocycles. The summed E-state index contributed by atoms with van der Waals surface area (Å²) in [6.07, 6.45) is 0.